The zero-order valence-corrected chi connectivity index (χ0v) is 12.3. The van der Waals surface area contributed by atoms with E-state index in [0.717, 1.165) is 12.1 Å². The second-order valence-corrected chi connectivity index (χ2v) is 7.96. The van der Waals surface area contributed by atoms with Crippen molar-refractivity contribution in [2.24, 2.45) is 0 Å². The van der Waals surface area contributed by atoms with Gasteiger partial charge in [-0.1, -0.05) is 27.7 Å². The summed E-state index contributed by atoms with van der Waals surface area (Å²) >= 11 is 0. The normalized spacial score (nSPS) is 35.0. The van der Waals surface area contributed by atoms with Crippen LogP contribution in [0.5, 0.6) is 0 Å². The Bertz CT molecular complexity index is 182. The van der Waals surface area contributed by atoms with Gasteiger partial charge in [0.05, 0.1) is 0 Å². The van der Waals surface area contributed by atoms with E-state index in [1.165, 1.54) is 19.5 Å². The van der Waals surface area contributed by atoms with Crippen molar-refractivity contribution in [1.29, 1.82) is 0 Å². The van der Waals surface area contributed by atoms with Crippen molar-refractivity contribution in [3.8, 4) is 0 Å². The van der Waals surface area contributed by atoms with Gasteiger partial charge in [0.25, 0.3) is 9.28 Å². The number of nitrogens with zero attached hydrogens (tertiary/aromatic N) is 3. The van der Waals surface area contributed by atoms with Gasteiger partial charge in [0.2, 0.25) is 0 Å². The van der Waals surface area contributed by atoms with Crippen molar-refractivity contribution < 1.29 is 0 Å². The summed E-state index contributed by atoms with van der Waals surface area (Å²) in [4.78, 5) is 0. The summed E-state index contributed by atoms with van der Waals surface area (Å²) in [5.74, 6) is 0. The lowest BCUT2D eigenvalue weighted by Crippen LogP contribution is -2.69. The Kier molecular flexibility index (Phi) is 4.77. The van der Waals surface area contributed by atoms with Gasteiger partial charge in [-0.25, -0.2) is 0 Å². The highest BCUT2D eigenvalue weighted by atomic mass is 28.3. The molecule has 1 aliphatic rings. The predicted octanol–water partition coefficient (Wildman–Crippen LogP) is 1.09. The third-order valence-corrected chi connectivity index (χ3v) is 7.46. The van der Waals surface area contributed by atoms with E-state index < -0.39 is 9.28 Å². The smallest absolute Gasteiger partial charge is 0.272 e. The minimum absolute atomic E-state index is 0.756. The fourth-order valence-corrected chi connectivity index (χ4v) is 6.33. The maximum atomic E-state index is 2.73. The van der Waals surface area contributed by atoms with E-state index in [0.29, 0.717) is 0 Å². The van der Waals surface area contributed by atoms with Crippen LogP contribution in [0.15, 0.2) is 0 Å². The summed E-state index contributed by atoms with van der Waals surface area (Å²) in [5.41, 5.74) is 0. The van der Waals surface area contributed by atoms with Crippen LogP contribution in [0.3, 0.4) is 0 Å². The van der Waals surface area contributed by atoms with E-state index in [1.54, 1.807) is 0 Å². The second-order valence-electron chi connectivity index (χ2n) is 4.90. The van der Waals surface area contributed by atoms with Gasteiger partial charge in [-0.15, -0.1) is 0 Å². The topological polar surface area (TPSA) is 9.72 Å². The first-order valence-corrected chi connectivity index (χ1v) is 7.75. The Morgan fingerprint density at radius 2 is 1.47 bits per heavy atom. The lowest BCUT2D eigenvalue weighted by molar-refractivity contribution is 0.160. The molecule has 0 N–H and O–H groups in total. The van der Waals surface area contributed by atoms with E-state index in [1.807, 2.05) is 0 Å². The molecule has 1 aliphatic heterocycles. The Hall–Kier alpha value is 0.0969. The van der Waals surface area contributed by atoms with Crippen LogP contribution in [-0.2, 0) is 0 Å². The molecule has 3 nitrogen and oxygen atoms in total. The molecular weight excluding hydrogens is 202 g/mol. The van der Waals surface area contributed by atoms with Crippen molar-refractivity contribution >= 4 is 9.28 Å². The fourth-order valence-electron chi connectivity index (χ4n) is 2.95. The SMILES string of the molecule is CCN1C(C)CC(C)N(CC)[SiH]1N(C)C. The highest BCUT2D eigenvalue weighted by Crippen LogP contribution is 2.23. The molecule has 2 atom stereocenters. The molecule has 15 heavy (non-hydrogen) atoms. The van der Waals surface area contributed by atoms with Gasteiger partial charge in [-0.3, -0.25) is 9.13 Å². The molecule has 0 aromatic heterocycles. The van der Waals surface area contributed by atoms with E-state index >= 15 is 0 Å². The fraction of sp³-hybridized carbons (Fsp3) is 1.00. The van der Waals surface area contributed by atoms with E-state index in [9.17, 15) is 0 Å². The van der Waals surface area contributed by atoms with Gasteiger partial charge < -0.3 is 4.57 Å². The van der Waals surface area contributed by atoms with Crippen molar-refractivity contribution in [3.63, 3.8) is 0 Å². The van der Waals surface area contributed by atoms with Gasteiger partial charge >= 0.3 is 0 Å². The standard InChI is InChI=1S/C11H27N3Si/c1-7-13-10(3)9-11(4)14(8-2)15(13)12(5)6/h10-11,15H,7-9H2,1-6H3. The Morgan fingerprint density at radius 3 is 1.73 bits per heavy atom. The molecule has 4 heteroatoms. The minimum Gasteiger partial charge on any atom is -0.307 e. The molecule has 1 heterocycles. The molecule has 1 saturated heterocycles. The third kappa shape index (κ3) is 2.61. The molecule has 0 aromatic carbocycles. The van der Waals surface area contributed by atoms with Crippen molar-refractivity contribution in [3.05, 3.63) is 0 Å². The highest BCUT2D eigenvalue weighted by Gasteiger charge is 2.38. The molecule has 0 radical (unpaired) electrons. The maximum absolute atomic E-state index is 2.73. The quantitative estimate of drug-likeness (QED) is 0.671. The van der Waals surface area contributed by atoms with E-state index in [2.05, 4.69) is 55.5 Å². The number of hydrogen-bond acceptors (Lipinski definition) is 3. The molecule has 0 saturated carbocycles. The lowest BCUT2D eigenvalue weighted by atomic mass is 10.1. The van der Waals surface area contributed by atoms with Crippen molar-refractivity contribution in [1.82, 2.24) is 13.7 Å². The average molecular weight is 229 g/mol. The van der Waals surface area contributed by atoms with Gasteiger partial charge in [0, 0.05) is 12.1 Å². The van der Waals surface area contributed by atoms with Crippen LogP contribution in [0.4, 0.5) is 0 Å². The molecule has 90 valence electrons. The lowest BCUT2D eigenvalue weighted by Gasteiger charge is -2.51. The summed E-state index contributed by atoms with van der Waals surface area (Å²) in [6, 6.07) is 1.51. The predicted molar refractivity (Wildman–Crippen MR) is 69.1 cm³/mol. The van der Waals surface area contributed by atoms with Crippen LogP contribution in [0.2, 0.25) is 0 Å². The van der Waals surface area contributed by atoms with Gasteiger partial charge in [-0.05, 0) is 33.6 Å². The first-order chi connectivity index (χ1) is 7.02. The summed E-state index contributed by atoms with van der Waals surface area (Å²) in [5, 5.41) is 0. The summed E-state index contributed by atoms with van der Waals surface area (Å²) in [7, 11) is 3.44. The third-order valence-electron chi connectivity index (χ3n) is 3.60. The largest absolute Gasteiger partial charge is 0.307 e. The first kappa shape index (κ1) is 13.2. The zero-order chi connectivity index (χ0) is 11.6. The molecule has 0 spiro atoms. The molecular formula is C11H27N3Si. The second kappa shape index (κ2) is 5.43. The van der Waals surface area contributed by atoms with Crippen LogP contribution >= 0.6 is 0 Å². The molecule has 2 unspecified atom stereocenters. The molecule has 1 fully saturated rings. The maximum Gasteiger partial charge on any atom is 0.272 e. The number of hydrogen-bond donors (Lipinski definition) is 0. The Balaban J connectivity index is 2.87. The summed E-state index contributed by atoms with van der Waals surface area (Å²) in [6.07, 6.45) is 1.32. The highest BCUT2D eigenvalue weighted by molar-refractivity contribution is 6.49. The average Bonchev–Trinajstić information content (AvgIpc) is 2.16. The van der Waals surface area contributed by atoms with Gasteiger partial charge in [0.1, 0.15) is 0 Å². The summed E-state index contributed by atoms with van der Waals surface area (Å²) in [6.45, 7) is 11.7. The number of rotatable bonds is 3. The molecule has 0 amide bonds. The van der Waals surface area contributed by atoms with Crippen LogP contribution in [-0.4, -0.2) is 62.2 Å². The zero-order valence-electron chi connectivity index (χ0n) is 11.2. The van der Waals surface area contributed by atoms with Crippen molar-refractivity contribution in [2.75, 3.05) is 27.2 Å². The Labute approximate surface area is 96.9 Å². The van der Waals surface area contributed by atoms with Crippen LogP contribution < -0.4 is 0 Å². The Morgan fingerprint density at radius 1 is 1.07 bits per heavy atom. The summed E-state index contributed by atoms with van der Waals surface area (Å²) < 4.78 is 7.92. The van der Waals surface area contributed by atoms with Gasteiger partial charge in [-0.2, -0.15) is 0 Å². The van der Waals surface area contributed by atoms with Crippen LogP contribution in [0.25, 0.3) is 0 Å². The van der Waals surface area contributed by atoms with Crippen molar-refractivity contribution in [2.45, 2.75) is 46.2 Å². The molecule has 0 aliphatic carbocycles. The monoisotopic (exact) mass is 229 g/mol. The van der Waals surface area contributed by atoms with Crippen LogP contribution in [0, 0.1) is 0 Å². The molecule has 0 bridgehead atoms. The van der Waals surface area contributed by atoms with Crippen LogP contribution in [0.1, 0.15) is 34.1 Å². The molecule has 1 rings (SSSR count). The first-order valence-electron chi connectivity index (χ1n) is 6.20. The molecule has 0 aromatic rings. The van der Waals surface area contributed by atoms with E-state index in [4.69, 9.17) is 0 Å². The van der Waals surface area contributed by atoms with E-state index in [-0.39, 0.29) is 0 Å². The minimum atomic E-state index is -1.05. The van der Waals surface area contributed by atoms with Gasteiger partial charge in [0.15, 0.2) is 0 Å².